The molecule has 1 atom stereocenters. The Hall–Kier alpha value is -1.74. The van der Waals surface area contributed by atoms with Crippen molar-refractivity contribution in [3.8, 4) is 0 Å². The van der Waals surface area contributed by atoms with Crippen LogP contribution in [0.15, 0.2) is 0 Å². The number of esters is 1. The van der Waals surface area contributed by atoms with Gasteiger partial charge in [0.1, 0.15) is 5.00 Å². The molecular formula is C16H21NO6S2. The standard InChI is InChI=1S/C16H21NO6S2/c1-4-23-16(20)13-9(2)14(10(3)18)24-15(13)17-12(19)7-11-5-6-25(21,22)8-11/h11H,4-8H2,1-3H3,(H,17,19)/t11-/m1/s1. The fraction of sp³-hybridized carbons (Fsp3) is 0.562. The van der Waals surface area contributed by atoms with Crippen molar-refractivity contribution in [2.75, 3.05) is 23.4 Å². The summed E-state index contributed by atoms with van der Waals surface area (Å²) in [5.41, 5.74) is 0.666. The zero-order chi connectivity index (χ0) is 18.8. The molecular weight excluding hydrogens is 366 g/mol. The molecule has 25 heavy (non-hydrogen) atoms. The summed E-state index contributed by atoms with van der Waals surface area (Å²) in [5, 5.41) is 2.92. The van der Waals surface area contributed by atoms with E-state index in [9.17, 15) is 22.8 Å². The summed E-state index contributed by atoms with van der Waals surface area (Å²) in [4.78, 5) is 36.6. The molecule has 0 unspecified atom stereocenters. The van der Waals surface area contributed by atoms with Gasteiger partial charge in [-0.15, -0.1) is 11.3 Å². The number of sulfone groups is 1. The van der Waals surface area contributed by atoms with E-state index in [0.717, 1.165) is 11.3 Å². The summed E-state index contributed by atoms with van der Waals surface area (Å²) in [6, 6.07) is 0. The molecule has 2 heterocycles. The molecule has 7 nitrogen and oxygen atoms in total. The van der Waals surface area contributed by atoms with Crippen molar-refractivity contribution < 1.29 is 27.5 Å². The van der Waals surface area contributed by atoms with Gasteiger partial charge in [0.25, 0.3) is 0 Å². The molecule has 9 heteroatoms. The average Bonchev–Trinajstić information content (AvgIpc) is 2.98. The van der Waals surface area contributed by atoms with Crippen molar-refractivity contribution in [3.05, 3.63) is 16.0 Å². The second-order valence-corrected chi connectivity index (χ2v) is 9.31. The van der Waals surface area contributed by atoms with Crippen LogP contribution in [0.5, 0.6) is 0 Å². The number of anilines is 1. The van der Waals surface area contributed by atoms with Crippen LogP contribution in [0.4, 0.5) is 5.00 Å². The second kappa shape index (κ2) is 7.65. The van der Waals surface area contributed by atoms with Crippen molar-refractivity contribution in [3.63, 3.8) is 0 Å². The zero-order valence-corrected chi connectivity index (χ0v) is 16.0. The number of rotatable bonds is 6. The van der Waals surface area contributed by atoms with Gasteiger partial charge in [-0.3, -0.25) is 9.59 Å². The van der Waals surface area contributed by atoms with E-state index in [2.05, 4.69) is 5.32 Å². The first-order valence-electron chi connectivity index (χ1n) is 7.96. The van der Waals surface area contributed by atoms with E-state index in [-0.39, 0.29) is 52.7 Å². The minimum Gasteiger partial charge on any atom is -0.462 e. The number of hydrogen-bond acceptors (Lipinski definition) is 7. The van der Waals surface area contributed by atoms with Crippen LogP contribution in [0, 0.1) is 12.8 Å². The van der Waals surface area contributed by atoms with Crippen LogP contribution >= 0.6 is 11.3 Å². The predicted octanol–water partition coefficient (Wildman–Crippen LogP) is 2.20. The van der Waals surface area contributed by atoms with E-state index in [0.29, 0.717) is 16.9 Å². The fourth-order valence-corrected chi connectivity index (χ4v) is 5.83. The summed E-state index contributed by atoms with van der Waals surface area (Å²) in [7, 11) is -3.05. The smallest absolute Gasteiger partial charge is 0.341 e. The summed E-state index contributed by atoms with van der Waals surface area (Å²) in [6.45, 7) is 4.88. The number of carbonyl (C=O) groups is 3. The molecule has 0 saturated carbocycles. The van der Waals surface area contributed by atoms with E-state index in [4.69, 9.17) is 4.74 Å². The van der Waals surface area contributed by atoms with Crippen molar-refractivity contribution in [2.45, 2.75) is 33.6 Å². The van der Waals surface area contributed by atoms with E-state index in [1.807, 2.05) is 0 Å². The first-order chi connectivity index (χ1) is 11.6. The lowest BCUT2D eigenvalue weighted by Crippen LogP contribution is -2.18. The quantitative estimate of drug-likeness (QED) is 0.592. The van der Waals surface area contributed by atoms with E-state index in [1.165, 1.54) is 6.92 Å². The largest absolute Gasteiger partial charge is 0.462 e. The lowest BCUT2D eigenvalue weighted by Gasteiger charge is -2.09. The second-order valence-electron chi connectivity index (χ2n) is 6.06. The first kappa shape index (κ1) is 19.6. The van der Waals surface area contributed by atoms with E-state index < -0.39 is 15.8 Å². The maximum absolute atomic E-state index is 12.3. The summed E-state index contributed by atoms with van der Waals surface area (Å²) < 4.78 is 28.0. The number of ether oxygens (including phenoxy) is 1. The SMILES string of the molecule is CCOC(=O)c1c(NC(=O)C[C@H]2CCS(=O)(=O)C2)sc(C(C)=O)c1C. The van der Waals surface area contributed by atoms with E-state index >= 15 is 0 Å². The van der Waals surface area contributed by atoms with Crippen molar-refractivity contribution in [1.29, 1.82) is 0 Å². The zero-order valence-electron chi connectivity index (χ0n) is 14.4. The molecule has 1 aliphatic heterocycles. The molecule has 1 fully saturated rings. The van der Waals surface area contributed by atoms with Gasteiger partial charge in [-0.05, 0) is 38.7 Å². The summed E-state index contributed by atoms with van der Waals surface area (Å²) >= 11 is 1.03. The number of nitrogens with one attached hydrogen (secondary N) is 1. The van der Waals surface area contributed by atoms with Crippen molar-refractivity contribution in [1.82, 2.24) is 0 Å². The van der Waals surface area contributed by atoms with Crippen LogP contribution in [0.25, 0.3) is 0 Å². The van der Waals surface area contributed by atoms with Gasteiger partial charge < -0.3 is 10.1 Å². The number of hydrogen-bond donors (Lipinski definition) is 1. The maximum Gasteiger partial charge on any atom is 0.341 e. The van der Waals surface area contributed by atoms with E-state index in [1.54, 1.807) is 13.8 Å². The lowest BCUT2D eigenvalue weighted by atomic mass is 10.0. The number of amides is 1. The molecule has 1 amide bonds. The highest BCUT2D eigenvalue weighted by Crippen LogP contribution is 2.34. The molecule has 1 N–H and O–H groups in total. The van der Waals surface area contributed by atoms with Crippen LogP contribution < -0.4 is 5.32 Å². The molecule has 1 aromatic heterocycles. The van der Waals surface area contributed by atoms with Gasteiger partial charge in [0, 0.05) is 6.42 Å². The third kappa shape index (κ3) is 4.66. The van der Waals surface area contributed by atoms with Crippen LogP contribution in [-0.4, -0.2) is 44.2 Å². The van der Waals surface area contributed by atoms with Crippen LogP contribution in [0.3, 0.4) is 0 Å². The number of carbonyl (C=O) groups excluding carboxylic acids is 3. The van der Waals surface area contributed by atoms with Gasteiger partial charge in [-0.1, -0.05) is 0 Å². The topological polar surface area (TPSA) is 107 Å². The van der Waals surface area contributed by atoms with Crippen LogP contribution in [-0.2, 0) is 19.4 Å². The maximum atomic E-state index is 12.3. The molecule has 1 saturated heterocycles. The van der Waals surface area contributed by atoms with Gasteiger partial charge in [-0.25, -0.2) is 13.2 Å². The Kier molecular flexibility index (Phi) is 5.99. The van der Waals surface area contributed by atoms with Gasteiger partial charge in [-0.2, -0.15) is 0 Å². The molecule has 1 aromatic rings. The highest BCUT2D eigenvalue weighted by molar-refractivity contribution is 7.91. The Morgan fingerprint density at radius 3 is 2.52 bits per heavy atom. The highest BCUT2D eigenvalue weighted by atomic mass is 32.2. The Labute approximate surface area is 150 Å². The molecule has 1 aliphatic rings. The number of Topliss-reactive ketones (excluding diaryl/α,β-unsaturated/α-hetero) is 1. The van der Waals surface area contributed by atoms with Crippen LogP contribution in [0.2, 0.25) is 0 Å². The van der Waals surface area contributed by atoms with Crippen molar-refractivity contribution in [2.24, 2.45) is 5.92 Å². The molecule has 2 rings (SSSR count). The summed E-state index contributed by atoms with van der Waals surface area (Å²) in [6.07, 6.45) is 0.524. The highest BCUT2D eigenvalue weighted by Gasteiger charge is 2.30. The van der Waals surface area contributed by atoms with Crippen molar-refractivity contribution >= 4 is 43.8 Å². The van der Waals surface area contributed by atoms with Gasteiger partial charge in [0.05, 0.1) is 28.6 Å². The third-order valence-corrected chi connectivity index (χ3v) is 7.14. The minimum atomic E-state index is -3.05. The average molecular weight is 387 g/mol. The van der Waals surface area contributed by atoms with Crippen LogP contribution in [0.1, 0.15) is 52.3 Å². The Morgan fingerprint density at radius 1 is 1.32 bits per heavy atom. The molecule has 0 bridgehead atoms. The molecule has 0 spiro atoms. The lowest BCUT2D eigenvalue weighted by molar-refractivity contribution is -0.116. The molecule has 0 aliphatic carbocycles. The third-order valence-electron chi connectivity index (χ3n) is 4.00. The fourth-order valence-electron chi connectivity index (χ4n) is 2.86. The monoisotopic (exact) mass is 387 g/mol. The Balaban J connectivity index is 2.20. The van der Waals surface area contributed by atoms with Gasteiger partial charge in [0.2, 0.25) is 5.91 Å². The number of ketones is 1. The number of thiophene rings is 1. The first-order valence-corrected chi connectivity index (χ1v) is 10.6. The summed E-state index contributed by atoms with van der Waals surface area (Å²) in [5.74, 6) is -1.27. The van der Waals surface area contributed by atoms with Gasteiger partial charge in [0.15, 0.2) is 15.6 Å². The molecule has 138 valence electrons. The molecule has 0 aromatic carbocycles. The predicted molar refractivity (Wildman–Crippen MR) is 95.0 cm³/mol. The normalized spacial score (nSPS) is 18.8. The minimum absolute atomic E-state index is 0.00726. The Morgan fingerprint density at radius 2 is 2.00 bits per heavy atom. The molecule has 0 radical (unpaired) electrons. The Bertz CT molecular complexity index is 809. The van der Waals surface area contributed by atoms with Gasteiger partial charge >= 0.3 is 5.97 Å².